The summed E-state index contributed by atoms with van der Waals surface area (Å²) in [4.78, 5) is 14.0. The van der Waals surface area contributed by atoms with Crippen LogP contribution in [0.15, 0.2) is 0 Å². The van der Waals surface area contributed by atoms with Gasteiger partial charge in [0.1, 0.15) is 0 Å². The van der Waals surface area contributed by atoms with Crippen LogP contribution >= 0.6 is 12.2 Å². The van der Waals surface area contributed by atoms with Gasteiger partial charge in [0.25, 0.3) is 0 Å². The fraction of sp³-hybridized carbons (Fsp3) is 0.875. The minimum atomic E-state index is -0.198. The fourth-order valence-corrected chi connectivity index (χ4v) is 3.97. The zero-order valence-electron chi connectivity index (χ0n) is 13.7. The van der Waals surface area contributed by atoms with Crippen LogP contribution in [-0.4, -0.2) is 40.6 Å². The van der Waals surface area contributed by atoms with E-state index in [0.29, 0.717) is 12.6 Å². The van der Waals surface area contributed by atoms with Crippen molar-refractivity contribution in [1.82, 2.24) is 15.5 Å². The van der Waals surface area contributed by atoms with Crippen LogP contribution in [0.4, 0.5) is 0 Å². The van der Waals surface area contributed by atoms with E-state index in [1.54, 1.807) is 0 Å². The highest BCUT2D eigenvalue weighted by Gasteiger charge is 2.40. The summed E-state index contributed by atoms with van der Waals surface area (Å²) < 4.78 is 0. The maximum absolute atomic E-state index is 12.1. The van der Waals surface area contributed by atoms with E-state index in [4.69, 9.17) is 12.2 Å². The van der Waals surface area contributed by atoms with Crippen molar-refractivity contribution in [3.63, 3.8) is 0 Å². The second kappa shape index (κ2) is 6.51. The van der Waals surface area contributed by atoms with Crippen LogP contribution in [0.2, 0.25) is 0 Å². The largest absolute Gasteiger partial charge is 0.360 e. The molecule has 0 aromatic rings. The van der Waals surface area contributed by atoms with Gasteiger partial charge in [0.05, 0.1) is 6.54 Å². The first-order chi connectivity index (χ1) is 9.78. The Balaban J connectivity index is 1.82. The Hall–Kier alpha value is -0.840. The molecule has 21 heavy (non-hydrogen) atoms. The van der Waals surface area contributed by atoms with Crippen molar-refractivity contribution >= 4 is 23.2 Å². The molecule has 120 valence electrons. The Morgan fingerprint density at radius 3 is 2.48 bits per heavy atom. The van der Waals surface area contributed by atoms with Crippen molar-refractivity contribution in [3.8, 4) is 0 Å². The van der Waals surface area contributed by atoms with Gasteiger partial charge in [-0.15, -0.1) is 0 Å². The summed E-state index contributed by atoms with van der Waals surface area (Å²) >= 11 is 5.52. The first-order valence-electron chi connectivity index (χ1n) is 8.15. The van der Waals surface area contributed by atoms with Crippen LogP contribution < -0.4 is 10.6 Å². The molecular weight excluding hydrogens is 282 g/mol. The molecular formula is C16H29N3OS. The summed E-state index contributed by atoms with van der Waals surface area (Å²) in [5, 5.41) is 7.23. The molecule has 2 saturated carbocycles. The molecule has 0 spiro atoms. The van der Waals surface area contributed by atoms with E-state index in [2.05, 4.69) is 10.6 Å². The third-order valence-electron chi connectivity index (χ3n) is 4.56. The van der Waals surface area contributed by atoms with Crippen LogP contribution in [0, 0.1) is 11.8 Å². The SMILES string of the molecule is CCN(CC(=O)NC(C)(C)C)C(=S)N[C@H]1C[C@H]2CC[C@H]1C2. The summed E-state index contributed by atoms with van der Waals surface area (Å²) in [6.45, 7) is 9.11. The minimum absolute atomic E-state index is 0.0291. The van der Waals surface area contributed by atoms with Gasteiger partial charge < -0.3 is 15.5 Å². The summed E-state index contributed by atoms with van der Waals surface area (Å²) in [6.07, 6.45) is 5.33. The van der Waals surface area contributed by atoms with Crippen molar-refractivity contribution < 1.29 is 4.79 Å². The lowest BCUT2D eigenvalue weighted by Gasteiger charge is -2.31. The van der Waals surface area contributed by atoms with Crippen molar-refractivity contribution in [2.75, 3.05) is 13.1 Å². The van der Waals surface area contributed by atoms with Gasteiger partial charge in [-0.3, -0.25) is 4.79 Å². The van der Waals surface area contributed by atoms with E-state index >= 15 is 0 Å². The Morgan fingerprint density at radius 2 is 2.00 bits per heavy atom. The van der Waals surface area contributed by atoms with Crippen LogP contribution in [-0.2, 0) is 4.79 Å². The van der Waals surface area contributed by atoms with Gasteiger partial charge in [-0.05, 0) is 71.0 Å². The zero-order valence-corrected chi connectivity index (χ0v) is 14.6. The van der Waals surface area contributed by atoms with E-state index in [-0.39, 0.29) is 11.4 Å². The van der Waals surface area contributed by atoms with Gasteiger partial charge in [-0.1, -0.05) is 6.42 Å². The topological polar surface area (TPSA) is 44.4 Å². The summed E-state index contributed by atoms with van der Waals surface area (Å²) in [5.74, 6) is 1.71. The van der Waals surface area contributed by atoms with Gasteiger partial charge in [0.15, 0.2) is 5.11 Å². The number of rotatable bonds is 4. The molecule has 2 rings (SSSR count). The highest BCUT2D eigenvalue weighted by Crippen LogP contribution is 2.44. The van der Waals surface area contributed by atoms with Gasteiger partial charge in [0, 0.05) is 18.1 Å². The molecule has 2 aliphatic carbocycles. The Kier molecular flexibility index (Phi) is 5.12. The van der Waals surface area contributed by atoms with Crippen LogP contribution in [0.1, 0.15) is 53.4 Å². The second-order valence-corrected chi connectivity index (χ2v) is 7.93. The molecule has 0 heterocycles. The first-order valence-corrected chi connectivity index (χ1v) is 8.55. The normalized spacial score (nSPS) is 27.5. The van der Waals surface area contributed by atoms with E-state index in [1.165, 1.54) is 25.7 Å². The van der Waals surface area contributed by atoms with Gasteiger partial charge >= 0.3 is 0 Å². The molecule has 1 amide bonds. The van der Waals surface area contributed by atoms with E-state index in [1.807, 2.05) is 32.6 Å². The quantitative estimate of drug-likeness (QED) is 0.782. The van der Waals surface area contributed by atoms with Crippen LogP contribution in [0.25, 0.3) is 0 Å². The van der Waals surface area contributed by atoms with E-state index in [9.17, 15) is 4.79 Å². The molecule has 2 N–H and O–H groups in total. The average molecular weight is 311 g/mol. The maximum atomic E-state index is 12.1. The summed E-state index contributed by atoms with van der Waals surface area (Å²) in [6, 6.07) is 0.524. The molecule has 0 aromatic heterocycles. The Morgan fingerprint density at radius 1 is 1.29 bits per heavy atom. The summed E-state index contributed by atoms with van der Waals surface area (Å²) in [7, 11) is 0. The number of carbonyl (C=O) groups excluding carboxylic acids is 1. The fourth-order valence-electron chi connectivity index (χ4n) is 3.63. The molecule has 0 aromatic carbocycles. The molecule has 4 nitrogen and oxygen atoms in total. The third kappa shape index (κ3) is 4.56. The number of carbonyl (C=O) groups is 1. The predicted molar refractivity (Wildman–Crippen MR) is 90.1 cm³/mol. The number of hydrogen-bond donors (Lipinski definition) is 2. The monoisotopic (exact) mass is 311 g/mol. The number of nitrogens with zero attached hydrogens (tertiary/aromatic N) is 1. The van der Waals surface area contributed by atoms with E-state index in [0.717, 1.165) is 23.5 Å². The lowest BCUT2D eigenvalue weighted by atomic mass is 9.95. The lowest BCUT2D eigenvalue weighted by Crippen LogP contribution is -2.51. The van der Waals surface area contributed by atoms with Crippen LogP contribution in [0.5, 0.6) is 0 Å². The van der Waals surface area contributed by atoms with Gasteiger partial charge in [-0.25, -0.2) is 0 Å². The summed E-state index contributed by atoms with van der Waals surface area (Å²) in [5.41, 5.74) is -0.198. The first kappa shape index (κ1) is 16.5. The second-order valence-electron chi connectivity index (χ2n) is 7.54. The molecule has 5 heteroatoms. The highest BCUT2D eigenvalue weighted by atomic mass is 32.1. The Labute approximate surface area is 134 Å². The van der Waals surface area contributed by atoms with E-state index < -0.39 is 0 Å². The molecule has 0 unspecified atom stereocenters. The number of thiocarbonyl (C=S) groups is 1. The number of nitrogens with one attached hydrogen (secondary N) is 2. The number of likely N-dealkylation sites (N-methyl/N-ethyl adjacent to an activating group) is 1. The van der Waals surface area contributed by atoms with Crippen molar-refractivity contribution in [2.24, 2.45) is 11.8 Å². The molecule has 0 radical (unpaired) electrons. The molecule has 0 aliphatic heterocycles. The minimum Gasteiger partial charge on any atom is -0.360 e. The number of hydrogen-bond acceptors (Lipinski definition) is 2. The number of fused-ring (bicyclic) bond motifs is 2. The molecule has 0 saturated heterocycles. The zero-order chi connectivity index (χ0) is 15.6. The highest BCUT2D eigenvalue weighted by molar-refractivity contribution is 7.80. The van der Waals surface area contributed by atoms with Crippen molar-refractivity contribution in [2.45, 2.75) is 65.0 Å². The van der Waals surface area contributed by atoms with Crippen molar-refractivity contribution in [1.29, 1.82) is 0 Å². The maximum Gasteiger partial charge on any atom is 0.240 e. The average Bonchev–Trinajstić information content (AvgIpc) is 2.95. The molecule has 2 fully saturated rings. The Bertz CT molecular complexity index is 405. The number of amides is 1. The van der Waals surface area contributed by atoms with Crippen molar-refractivity contribution in [3.05, 3.63) is 0 Å². The molecule has 3 atom stereocenters. The lowest BCUT2D eigenvalue weighted by molar-refractivity contribution is -0.122. The predicted octanol–water partition coefficient (Wildman–Crippen LogP) is 2.29. The standard InChI is InChI=1S/C16H29N3OS/c1-5-19(10-14(20)18-16(2,3)4)15(21)17-13-9-11-6-7-12(13)8-11/h11-13H,5-10H2,1-4H3,(H,17,21)(H,18,20)/t11-,12-,13-/m0/s1. The third-order valence-corrected chi connectivity index (χ3v) is 4.94. The molecule has 2 bridgehead atoms. The van der Waals surface area contributed by atoms with Crippen LogP contribution in [0.3, 0.4) is 0 Å². The smallest absolute Gasteiger partial charge is 0.240 e. The van der Waals surface area contributed by atoms with Gasteiger partial charge in [0.2, 0.25) is 5.91 Å². The van der Waals surface area contributed by atoms with Gasteiger partial charge in [-0.2, -0.15) is 0 Å². The molecule has 2 aliphatic rings.